The van der Waals surface area contributed by atoms with Crippen molar-refractivity contribution in [3.63, 3.8) is 0 Å². The lowest BCUT2D eigenvalue weighted by Crippen LogP contribution is -2.15. The van der Waals surface area contributed by atoms with Gasteiger partial charge in [-0.15, -0.1) is 0 Å². The van der Waals surface area contributed by atoms with Crippen LogP contribution in [0.3, 0.4) is 0 Å². The Morgan fingerprint density at radius 3 is 2.81 bits per heavy atom. The number of ether oxygens (including phenoxy) is 1. The van der Waals surface area contributed by atoms with Gasteiger partial charge < -0.3 is 10.1 Å². The van der Waals surface area contributed by atoms with E-state index in [9.17, 15) is 19.3 Å². The zero-order valence-electron chi connectivity index (χ0n) is 13.5. The predicted octanol–water partition coefficient (Wildman–Crippen LogP) is 1.95. The summed E-state index contributed by atoms with van der Waals surface area (Å²) >= 11 is 0. The number of halogens is 1. The molecule has 0 radical (unpaired) electrons. The van der Waals surface area contributed by atoms with Crippen molar-refractivity contribution in [2.75, 3.05) is 5.32 Å². The van der Waals surface area contributed by atoms with Gasteiger partial charge in [0.25, 0.3) is 5.91 Å². The average Bonchev–Trinajstić information content (AvgIpc) is 3.22. The van der Waals surface area contributed by atoms with Crippen molar-refractivity contribution >= 4 is 17.4 Å². The zero-order valence-corrected chi connectivity index (χ0v) is 13.5. The molecule has 0 aliphatic heterocycles. The number of nitrogens with zero attached hydrogens (tertiary/aromatic N) is 5. The van der Waals surface area contributed by atoms with Crippen LogP contribution in [0.4, 0.5) is 15.9 Å². The van der Waals surface area contributed by atoms with Crippen LogP contribution in [0, 0.1) is 15.9 Å². The third-order valence-electron chi connectivity index (χ3n) is 3.30. The molecule has 26 heavy (non-hydrogen) atoms. The lowest BCUT2D eigenvalue weighted by atomic mass is 10.3. The number of carbonyl (C=O) groups is 1. The molecule has 0 fully saturated rings. The van der Waals surface area contributed by atoms with Gasteiger partial charge in [0, 0.05) is 37.6 Å². The van der Waals surface area contributed by atoms with Crippen molar-refractivity contribution < 1.29 is 18.8 Å². The molecule has 0 aliphatic carbocycles. The van der Waals surface area contributed by atoms with E-state index in [2.05, 4.69) is 15.5 Å². The molecular weight excluding hydrogens is 347 g/mol. The maximum absolute atomic E-state index is 13.3. The first-order valence-electron chi connectivity index (χ1n) is 7.33. The number of aryl methyl sites for hydroxylation is 1. The van der Waals surface area contributed by atoms with Crippen molar-refractivity contribution in [3.8, 4) is 5.75 Å². The highest BCUT2D eigenvalue weighted by Crippen LogP contribution is 2.27. The van der Waals surface area contributed by atoms with Gasteiger partial charge in [0.1, 0.15) is 5.82 Å². The molecule has 10 nitrogen and oxygen atoms in total. The lowest BCUT2D eigenvalue weighted by Gasteiger charge is -2.06. The SMILES string of the molecule is Cn1ccc(NC(=O)c2ccn(COc3cc(F)ccc3[N+](=O)[O-])n2)n1. The standard InChI is InChI=1S/C15H13FN6O4/c1-20-6-5-14(19-20)17-15(23)11-4-7-21(18-11)9-26-13-8-10(16)2-3-12(13)22(24)25/h2-8H,9H2,1H3,(H,17,19,23). The average molecular weight is 360 g/mol. The maximum atomic E-state index is 13.3. The van der Waals surface area contributed by atoms with Gasteiger partial charge in [-0.3, -0.25) is 19.6 Å². The number of aromatic nitrogens is 4. The third kappa shape index (κ3) is 3.83. The first-order valence-corrected chi connectivity index (χ1v) is 7.33. The normalized spacial score (nSPS) is 10.5. The van der Waals surface area contributed by atoms with Crippen molar-refractivity contribution in [1.82, 2.24) is 19.6 Å². The molecule has 2 aromatic heterocycles. The summed E-state index contributed by atoms with van der Waals surface area (Å²) in [5.74, 6) is -0.996. The Hall–Kier alpha value is -3.76. The van der Waals surface area contributed by atoms with Crippen LogP contribution in [0.5, 0.6) is 5.75 Å². The highest BCUT2D eigenvalue weighted by molar-refractivity contribution is 6.02. The number of carbonyl (C=O) groups excluding carboxylic acids is 1. The van der Waals surface area contributed by atoms with Crippen molar-refractivity contribution in [2.24, 2.45) is 7.05 Å². The highest BCUT2D eigenvalue weighted by Gasteiger charge is 2.17. The fourth-order valence-corrected chi connectivity index (χ4v) is 2.11. The summed E-state index contributed by atoms with van der Waals surface area (Å²) in [6.07, 6.45) is 3.13. The number of nitro benzene ring substituents is 1. The fraction of sp³-hybridized carbons (Fsp3) is 0.133. The summed E-state index contributed by atoms with van der Waals surface area (Å²) in [5, 5.41) is 21.5. The number of hydrogen-bond acceptors (Lipinski definition) is 6. The van der Waals surface area contributed by atoms with Gasteiger partial charge in [-0.1, -0.05) is 0 Å². The minimum Gasteiger partial charge on any atom is -0.464 e. The second kappa shape index (κ2) is 7.01. The molecule has 0 unspecified atom stereocenters. The maximum Gasteiger partial charge on any atom is 0.311 e. The van der Waals surface area contributed by atoms with Gasteiger partial charge in [-0.2, -0.15) is 10.2 Å². The molecule has 134 valence electrons. The molecule has 1 amide bonds. The zero-order chi connectivity index (χ0) is 18.7. The summed E-state index contributed by atoms with van der Waals surface area (Å²) in [6.45, 7) is -0.235. The topological polar surface area (TPSA) is 117 Å². The Kier molecular flexibility index (Phi) is 4.60. The number of nitro groups is 1. The van der Waals surface area contributed by atoms with Gasteiger partial charge in [0.05, 0.1) is 4.92 Å². The minimum absolute atomic E-state index is 0.105. The Balaban J connectivity index is 1.66. The molecule has 1 aromatic carbocycles. The molecule has 0 atom stereocenters. The fourth-order valence-electron chi connectivity index (χ4n) is 2.11. The van der Waals surface area contributed by atoms with Crippen molar-refractivity contribution in [1.29, 1.82) is 0 Å². The van der Waals surface area contributed by atoms with E-state index in [1.54, 1.807) is 19.3 Å². The first-order chi connectivity index (χ1) is 12.4. The molecule has 0 bridgehead atoms. The molecule has 0 spiro atoms. The summed E-state index contributed by atoms with van der Waals surface area (Å²) in [7, 11) is 1.72. The van der Waals surface area contributed by atoms with E-state index in [4.69, 9.17) is 4.74 Å². The summed E-state index contributed by atoms with van der Waals surface area (Å²) in [4.78, 5) is 22.3. The third-order valence-corrected chi connectivity index (χ3v) is 3.30. The monoisotopic (exact) mass is 360 g/mol. The number of anilines is 1. The second-order valence-electron chi connectivity index (χ2n) is 5.21. The number of benzene rings is 1. The van der Waals surface area contributed by atoms with Crippen LogP contribution in [-0.4, -0.2) is 30.4 Å². The molecule has 11 heteroatoms. The molecule has 2 heterocycles. The first kappa shape index (κ1) is 17.1. The van der Waals surface area contributed by atoms with Crippen LogP contribution in [0.15, 0.2) is 42.7 Å². The van der Waals surface area contributed by atoms with Crippen molar-refractivity contribution in [3.05, 3.63) is 64.4 Å². The van der Waals surface area contributed by atoms with E-state index in [0.29, 0.717) is 5.82 Å². The number of rotatable bonds is 6. The van der Waals surface area contributed by atoms with Gasteiger partial charge in [-0.05, 0) is 12.1 Å². The largest absolute Gasteiger partial charge is 0.464 e. The van der Waals surface area contributed by atoms with Gasteiger partial charge in [-0.25, -0.2) is 9.07 Å². The summed E-state index contributed by atoms with van der Waals surface area (Å²) < 4.78 is 21.3. The smallest absolute Gasteiger partial charge is 0.311 e. The van der Waals surface area contributed by atoms with Crippen molar-refractivity contribution in [2.45, 2.75) is 6.73 Å². The van der Waals surface area contributed by atoms with E-state index in [1.165, 1.54) is 21.6 Å². The lowest BCUT2D eigenvalue weighted by molar-refractivity contribution is -0.386. The summed E-state index contributed by atoms with van der Waals surface area (Å²) in [5.41, 5.74) is -0.264. The number of amides is 1. The Morgan fingerprint density at radius 1 is 1.31 bits per heavy atom. The molecule has 0 saturated heterocycles. The van der Waals surface area contributed by atoms with Crippen LogP contribution in [0.25, 0.3) is 0 Å². The van der Waals surface area contributed by atoms with Crippen LogP contribution in [-0.2, 0) is 13.8 Å². The number of hydrogen-bond donors (Lipinski definition) is 1. The molecule has 1 N–H and O–H groups in total. The molecule has 3 rings (SSSR count). The van der Waals surface area contributed by atoms with E-state index in [0.717, 1.165) is 18.2 Å². The van der Waals surface area contributed by atoms with E-state index in [-0.39, 0.29) is 23.9 Å². The minimum atomic E-state index is -0.677. The van der Waals surface area contributed by atoms with E-state index >= 15 is 0 Å². The number of nitrogens with one attached hydrogen (secondary N) is 1. The Bertz CT molecular complexity index is 967. The summed E-state index contributed by atoms with van der Waals surface area (Å²) in [6, 6.07) is 5.97. The van der Waals surface area contributed by atoms with E-state index in [1.807, 2.05) is 0 Å². The Morgan fingerprint density at radius 2 is 2.12 bits per heavy atom. The highest BCUT2D eigenvalue weighted by atomic mass is 19.1. The van der Waals surface area contributed by atoms with Crippen LogP contribution in [0.2, 0.25) is 0 Å². The predicted molar refractivity (Wildman–Crippen MR) is 87.1 cm³/mol. The Labute approximate surface area is 145 Å². The second-order valence-corrected chi connectivity index (χ2v) is 5.21. The van der Waals surface area contributed by atoms with Gasteiger partial charge in [0.2, 0.25) is 5.75 Å². The molecule has 3 aromatic rings. The van der Waals surface area contributed by atoms with Gasteiger partial charge in [0.15, 0.2) is 18.2 Å². The molecule has 0 aliphatic rings. The van der Waals surface area contributed by atoms with E-state index < -0.39 is 16.6 Å². The van der Waals surface area contributed by atoms with Crippen LogP contribution >= 0.6 is 0 Å². The quantitative estimate of drug-likeness (QED) is 0.530. The molecular formula is C15H13FN6O4. The molecule has 0 saturated carbocycles. The van der Waals surface area contributed by atoms with Crippen LogP contribution in [0.1, 0.15) is 10.5 Å². The van der Waals surface area contributed by atoms with Gasteiger partial charge >= 0.3 is 5.69 Å². The van der Waals surface area contributed by atoms with Crippen LogP contribution < -0.4 is 10.1 Å².